The van der Waals surface area contributed by atoms with Crippen molar-refractivity contribution in [2.45, 2.75) is 4.90 Å². The molecule has 0 atom stereocenters. The van der Waals surface area contributed by atoms with E-state index in [4.69, 9.17) is 0 Å². The van der Waals surface area contributed by atoms with E-state index in [-0.39, 0.29) is 10.6 Å². The Morgan fingerprint density at radius 3 is 2.30 bits per heavy atom. The quantitative estimate of drug-likeness (QED) is 0.880. The number of hydrogen-bond donors (Lipinski definition) is 2. The second-order valence-electron chi connectivity index (χ2n) is 3.98. The zero-order valence-electron chi connectivity index (χ0n) is 10.5. The average molecular weight is 359 g/mol. The van der Waals surface area contributed by atoms with Crippen LogP contribution in [0.1, 0.15) is 0 Å². The van der Waals surface area contributed by atoms with Gasteiger partial charge in [0.25, 0.3) is 10.0 Å². The van der Waals surface area contributed by atoms with Crippen molar-refractivity contribution in [3.63, 3.8) is 0 Å². The number of rotatable bonds is 4. The van der Waals surface area contributed by atoms with Gasteiger partial charge in [0.05, 0.1) is 10.6 Å². The second kappa shape index (κ2) is 5.80. The average Bonchev–Trinajstić information content (AvgIpc) is 2.43. The third kappa shape index (κ3) is 3.10. The number of para-hydroxylation sites is 1. The molecule has 0 spiro atoms. The molecule has 0 bridgehead atoms. The predicted molar refractivity (Wildman–Crippen MR) is 80.9 cm³/mol. The molecule has 0 fully saturated rings. The van der Waals surface area contributed by atoms with E-state index in [1.165, 1.54) is 24.3 Å². The van der Waals surface area contributed by atoms with Gasteiger partial charge in [-0.05, 0) is 52.3 Å². The fraction of sp³-hybridized carbons (Fsp3) is 0.0769. The lowest BCUT2D eigenvalue weighted by Gasteiger charge is -2.11. The van der Waals surface area contributed by atoms with Crippen molar-refractivity contribution in [1.82, 2.24) is 0 Å². The van der Waals surface area contributed by atoms with E-state index in [2.05, 4.69) is 26.0 Å². The van der Waals surface area contributed by atoms with Gasteiger partial charge in [0.15, 0.2) is 0 Å². The first-order chi connectivity index (χ1) is 9.44. The van der Waals surface area contributed by atoms with Crippen LogP contribution in [0.3, 0.4) is 0 Å². The first-order valence-corrected chi connectivity index (χ1v) is 7.96. The third-order valence-electron chi connectivity index (χ3n) is 2.65. The Kier molecular flexibility index (Phi) is 4.29. The molecule has 0 aliphatic heterocycles. The minimum Gasteiger partial charge on any atom is -0.388 e. The van der Waals surface area contributed by atoms with Crippen LogP contribution in [0.2, 0.25) is 0 Å². The molecule has 0 aliphatic rings. The summed E-state index contributed by atoms with van der Waals surface area (Å²) in [7, 11) is -2.10. The molecule has 2 aromatic rings. The van der Waals surface area contributed by atoms with Gasteiger partial charge in [-0.2, -0.15) is 0 Å². The summed E-state index contributed by atoms with van der Waals surface area (Å²) in [6, 6.07) is 10.4. The SMILES string of the molecule is CNc1ccc(S(=O)(=O)Nc2c(F)cccc2Br)cc1. The number of halogens is 2. The van der Waals surface area contributed by atoms with Gasteiger partial charge < -0.3 is 5.32 Å². The van der Waals surface area contributed by atoms with Crippen molar-refractivity contribution in [2.24, 2.45) is 0 Å². The van der Waals surface area contributed by atoms with Gasteiger partial charge in [0, 0.05) is 17.2 Å². The summed E-state index contributed by atoms with van der Waals surface area (Å²) in [5.74, 6) is -0.644. The Labute approximate surface area is 125 Å². The summed E-state index contributed by atoms with van der Waals surface area (Å²) >= 11 is 3.12. The highest BCUT2D eigenvalue weighted by atomic mass is 79.9. The van der Waals surface area contributed by atoms with E-state index in [0.717, 1.165) is 5.69 Å². The van der Waals surface area contributed by atoms with Crippen LogP contribution in [0.15, 0.2) is 51.8 Å². The van der Waals surface area contributed by atoms with Gasteiger partial charge >= 0.3 is 0 Å². The maximum absolute atomic E-state index is 13.6. The molecule has 2 aromatic carbocycles. The summed E-state index contributed by atoms with van der Waals surface area (Å²) < 4.78 is 40.6. The Morgan fingerprint density at radius 1 is 1.10 bits per heavy atom. The molecule has 0 saturated heterocycles. The van der Waals surface area contributed by atoms with Crippen molar-refractivity contribution < 1.29 is 12.8 Å². The van der Waals surface area contributed by atoms with Crippen molar-refractivity contribution in [1.29, 1.82) is 0 Å². The van der Waals surface area contributed by atoms with Crippen LogP contribution in [0.25, 0.3) is 0 Å². The highest BCUT2D eigenvalue weighted by molar-refractivity contribution is 9.10. The molecule has 0 aliphatic carbocycles. The standard InChI is InChI=1S/C13H12BrFN2O2S/c1-16-9-5-7-10(8-6-9)20(18,19)17-13-11(14)3-2-4-12(13)15/h2-8,16-17H,1H3. The van der Waals surface area contributed by atoms with E-state index in [9.17, 15) is 12.8 Å². The van der Waals surface area contributed by atoms with Crippen molar-refractivity contribution >= 4 is 37.3 Å². The molecule has 0 saturated carbocycles. The molecule has 0 aromatic heterocycles. The Morgan fingerprint density at radius 2 is 1.75 bits per heavy atom. The summed E-state index contributed by atoms with van der Waals surface area (Å²) in [6.45, 7) is 0. The smallest absolute Gasteiger partial charge is 0.262 e. The largest absolute Gasteiger partial charge is 0.388 e. The maximum atomic E-state index is 13.6. The summed E-state index contributed by atoms with van der Waals surface area (Å²) in [4.78, 5) is 0.0617. The normalized spacial score (nSPS) is 11.2. The van der Waals surface area contributed by atoms with Crippen LogP contribution in [0, 0.1) is 5.82 Å². The van der Waals surface area contributed by atoms with E-state index in [0.29, 0.717) is 4.47 Å². The summed E-state index contributed by atoms with van der Waals surface area (Å²) in [5.41, 5.74) is 0.682. The molecule has 0 radical (unpaired) electrons. The van der Waals surface area contributed by atoms with Gasteiger partial charge in [0.2, 0.25) is 0 Å². The van der Waals surface area contributed by atoms with Crippen LogP contribution < -0.4 is 10.0 Å². The van der Waals surface area contributed by atoms with Crippen molar-refractivity contribution in [2.75, 3.05) is 17.1 Å². The number of sulfonamides is 1. The molecule has 106 valence electrons. The maximum Gasteiger partial charge on any atom is 0.262 e. The molecule has 4 nitrogen and oxygen atoms in total. The molecular formula is C13H12BrFN2O2S. The Bertz CT molecular complexity index is 697. The van der Waals surface area contributed by atoms with Crippen LogP contribution in [-0.2, 0) is 10.0 Å². The second-order valence-corrected chi connectivity index (χ2v) is 6.51. The van der Waals surface area contributed by atoms with Gasteiger partial charge in [0.1, 0.15) is 5.82 Å². The Hall–Kier alpha value is -1.60. The molecule has 7 heteroatoms. The molecular weight excluding hydrogens is 347 g/mol. The zero-order valence-corrected chi connectivity index (χ0v) is 12.9. The van der Waals surface area contributed by atoms with Gasteiger partial charge in [-0.1, -0.05) is 6.07 Å². The third-order valence-corrected chi connectivity index (χ3v) is 4.68. The number of nitrogens with one attached hydrogen (secondary N) is 2. The fourth-order valence-corrected chi connectivity index (χ4v) is 3.25. The minimum absolute atomic E-state index is 0.0617. The number of anilines is 2. The lowest BCUT2D eigenvalue weighted by atomic mass is 10.3. The van der Waals surface area contributed by atoms with Crippen molar-refractivity contribution in [3.8, 4) is 0 Å². The van der Waals surface area contributed by atoms with Crippen LogP contribution in [-0.4, -0.2) is 15.5 Å². The summed E-state index contributed by atoms with van der Waals surface area (Å²) in [5, 5.41) is 2.89. The van der Waals surface area contributed by atoms with Crippen LogP contribution >= 0.6 is 15.9 Å². The van der Waals surface area contributed by atoms with Crippen molar-refractivity contribution in [3.05, 3.63) is 52.8 Å². The fourth-order valence-electron chi connectivity index (χ4n) is 1.59. The first kappa shape index (κ1) is 14.8. The zero-order chi connectivity index (χ0) is 14.8. The van der Waals surface area contributed by atoms with Crippen LogP contribution in [0.5, 0.6) is 0 Å². The molecule has 0 unspecified atom stereocenters. The Balaban J connectivity index is 2.35. The monoisotopic (exact) mass is 358 g/mol. The molecule has 0 heterocycles. The number of hydrogen-bond acceptors (Lipinski definition) is 3. The lowest BCUT2D eigenvalue weighted by Crippen LogP contribution is -2.14. The van der Waals surface area contributed by atoms with Gasteiger partial charge in [-0.25, -0.2) is 12.8 Å². The first-order valence-electron chi connectivity index (χ1n) is 5.68. The molecule has 0 amide bonds. The highest BCUT2D eigenvalue weighted by Crippen LogP contribution is 2.27. The predicted octanol–water partition coefficient (Wildman–Crippen LogP) is 3.43. The van der Waals surface area contributed by atoms with Gasteiger partial charge in [-0.15, -0.1) is 0 Å². The van der Waals surface area contributed by atoms with E-state index >= 15 is 0 Å². The van der Waals surface area contributed by atoms with Gasteiger partial charge in [-0.3, -0.25) is 4.72 Å². The number of benzene rings is 2. The van der Waals surface area contributed by atoms with E-state index < -0.39 is 15.8 Å². The topological polar surface area (TPSA) is 58.2 Å². The van der Waals surface area contributed by atoms with Crippen LogP contribution in [0.4, 0.5) is 15.8 Å². The van der Waals surface area contributed by atoms with E-state index in [1.54, 1.807) is 25.2 Å². The molecule has 2 N–H and O–H groups in total. The molecule has 2 rings (SSSR count). The molecule has 20 heavy (non-hydrogen) atoms. The highest BCUT2D eigenvalue weighted by Gasteiger charge is 2.17. The van der Waals surface area contributed by atoms with E-state index in [1.807, 2.05) is 0 Å². The minimum atomic E-state index is -3.83. The lowest BCUT2D eigenvalue weighted by molar-refractivity contribution is 0.598. The summed E-state index contributed by atoms with van der Waals surface area (Å²) in [6.07, 6.45) is 0.